The van der Waals surface area contributed by atoms with E-state index in [1.807, 2.05) is 26.0 Å². The molecule has 1 aliphatic heterocycles. The molecular weight excluding hydrogens is 324 g/mol. The van der Waals surface area contributed by atoms with Crippen LogP contribution in [0.15, 0.2) is 22.7 Å². The van der Waals surface area contributed by atoms with Crippen LogP contribution in [0, 0.1) is 0 Å². The quantitative estimate of drug-likeness (QED) is 0.855. The second-order valence-corrected chi connectivity index (χ2v) is 5.86. The fourth-order valence-electron chi connectivity index (χ4n) is 2.29. The standard InChI is InChI=1S/C14H17BrN2O3/c1-8(2)17-13(18)7-11(14(17)19)16-10-6-9(15)4-5-12(10)20-3/h4-6,8,11,16H,7H2,1-3H3. The Hall–Kier alpha value is -1.56. The number of benzene rings is 1. The minimum absolute atomic E-state index is 0.119. The number of hydrogen-bond acceptors (Lipinski definition) is 4. The summed E-state index contributed by atoms with van der Waals surface area (Å²) in [6.07, 6.45) is 0.173. The molecule has 0 saturated carbocycles. The Morgan fingerprint density at radius 2 is 2.10 bits per heavy atom. The van der Waals surface area contributed by atoms with Gasteiger partial charge in [0.1, 0.15) is 11.8 Å². The molecule has 0 spiro atoms. The van der Waals surface area contributed by atoms with Gasteiger partial charge >= 0.3 is 0 Å². The van der Waals surface area contributed by atoms with E-state index in [-0.39, 0.29) is 24.3 Å². The number of imide groups is 1. The van der Waals surface area contributed by atoms with Crippen LogP contribution in [0.2, 0.25) is 0 Å². The number of ether oxygens (including phenoxy) is 1. The van der Waals surface area contributed by atoms with E-state index >= 15 is 0 Å². The molecule has 108 valence electrons. The third kappa shape index (κ3) is 2.80. The smallest absolute Gasteiger partial charge is 0.252 e. The van der Waals surface area contributed by atoms with E-state index < -0.39 is 6.04 Å². The zero-order valence-corrected chi connectivity index (χ0v) is 13.2. The summed E-state index contributed by atoms with van der Waals surface area (Å²) < 4.78 is 6.13. The number of rotatable bonds is 4. The van der Waals surface area contributed by atoms with Crippen LogP contribution in [0.25, 0.3) is 0 Å². The maximum absolute atomic E-state index is 12.2. The number of nitrogens with one attached hydrogen (secondary N) is 1. The minimum atomic E-state index is -0.534. The van der Waals surface area contributed by atoms with Crippen LogP contribution in [-0.4, -0.2) is 35.9 Å². The molecule has 1 unspecified atom stereocenters. The van der Waals surface area contributed by atoms with E-state index in [2.05, 4.69) is 21.2 Å². The largest absolute Gasteiger partial charge is 0.495 e. The first-order chi connectivity index (χ1) is 9.43. The van der Waals surface area contributed by atoms with Crippen molar-refractivity contribution in [2.45, 2.75) is 32.4 Å². The molecule has 1 heterocycles. The van der Waals surface area contributed by atoms with Crippen LogP contribution in [-0.2, 0) is 9.59 Å². The molecule has 6 heteroatoms. The summed E-state index contributed by atoms with van der Waals surface area (Å²) in [7, 11) is 1.57. The fraction of sp³-hybridized carbons (Fsp3) is 0.429. The molecule has 1 N–H and O–H groups in total. The number of amides is 2. The average molecular weight is 341 g/mol. The summed E-state index contributed by atoms with van der Waals surface area (Å²) in [6, 6.07) is 4.83. The van der Waals surface area contributed by atoms with E-state index in [9.17, 15) is 9.59 Å². The van der Waals surface area contributed by atoms with Crippen LogP contribution in [0.1, 0.15) is 20.3 Å². The lowest BCUT2D eigenvalue weighted by Gasteiger charge is -2.20. The van der Waals surface area contributed by atoms with Crippen molar-refractivity contribution >= 4 is 33.4 Å². The summed E-state index contributed by atoms with van der Waals surface area (Å²) in [5.74, 6) is 0.305. The lowest BCUT2D eigenvalue weighted by atomic mass is 10.2. The number of likely N-dealkylation sites (tertiary alicyclic amines) is 1. The molecule has 1 aromatic carbocycles. The second-order valence-electron chi connectivity index (χ2n) is 4.94. The van der Waals surface area contributed by atoms with Gasteiger partial charge in [-0.2, -0.15) is 0 Å². The molecule has 1 aliphatic rings. The highest BCUT2D eigenvalue weighted by atomic mass is 79.9. The van der Waals surface area contributed by atoms with Gasteiger partial charge in [0.25, 0.3) is 5.91 Å². The van der Waals surface area contributed by atoms with Crippen molar-refractivity contribution in [3.8, 4) is 5.75 Å². The SMILES string of the molecule is COc1ccc(Br)cc1NC1CC(=O)N(C(C)C)C1=O. The van der Waals surface area contributed by atoms with Crippen LogP contribution < -0.4 is 10.1 Å². The van der Waals surface area contributed by atoms with Crippen molar-refractivity contribution in [3.63, 3.8) is 0 Å². The van der Waals surface area contributed by atoms with Gasteiger partial charge in [-0.05, 0) is 32.0 Å². The Kier molecular flexibility index (Phi) is 4.32. The first kappa shape index (κ1) is 14.8. The average Bonchev–Trinajstić information content (AvgIpc) is 2.64. The predicted octanol–water partition coefficient (Wildman–Crippen LogP) is 2.41. The lowest BCUT2D eigenvalue weighted by Crippen LogP contribution is -2.39. The van der Waals surface area contributed by atoms with E-state index in [0.29, 0.717) is 11.4 Å². The Morgan fingerprint density at radius 1 is 1.40 bits per heavy atom. The molecule has 0 aromatic heterocycles. The molecule has 1 aromatic rings. The van der Waals surface area contributed by atoms with Crippen molar-refractivity contribution in [2.24, 2.45) is 0 Å². The molecule has 1 fully saturated rings. The van der Waals surface area contributed by atoms with Gasteiger partial charge in [-0.3, -0.25) is 14.5 Å². The number of carbonyl (C=O) groups is 2. The normalized spacial score (nSPS) is 18.9. The number of nitrogens with zero attached hydrogens (tertiary/aromatic N) is 1. The van der Waals surface area contributed by atoms with Crippen LogP contribution in [0.3, 0.4) is 0 Å². The highest BCUT2D eigenvalue weighted by Gasteiger charge is 2.40. The molecule has 5 nitrogen and oxygen atoms in total. The molecule has 2 amide bonds. The Morgan fingerprint density at radius 3 is 2.65 bits per heavy atom. The highest BCUT2D eigenvalue weighted by molar-refractivity contribution is 9.10. The number of halogens is 1. The Bertz CT molecular complexity index is 545. The predicted molar refractivity (Wildman–Crippen MR) is 79.7 cm³/mol. The summed E-state index contributed by atoms with van der Waals surface area (Å²) >= 11 is 3.38. The molecule has 1 atom stereocenters. The van der Waals surface area contributed by atoms with Crippen LogP contribution >= 0.6 is 15.9 Å². The van der Waals surface area contributed by atoms with Crippen molar-refractivity contribution < 1.29 is 14.3 Å². The van der Waals surface area contributed by atoms with E-state index in [1.165, 1.54) is 4.90 Å². The number of methoxy groups -OCH3 is 1. The van der Waals surface area contributed by atoms with Crippen molar-refractivity contribution in [3.05, 3.63) is 22.7 Å². The minimum Gasteiger partial charge on any atom is -0.495 e. The molecule has 2 rings (SSSR count). The summed E-state index contributed by atoms with van der Waals surface area (Å²) in [5, 5.41) is 3.10. The maximum atomic E-state index is 12.2. The zero-order valence-electron chi connectivity index (χ0n) is 11.6. The fourth-order valence-corrected chi connectivity index (χ4v) is 2.65. The lowest BCUT2D eigenvalue weighted by molar-refractivity contribution is -0.140. The first-order valence-electron chi connectivity index (χ1n) is 6.40. The summed E-state index contributed by atoms with van der Waals surface area (Å²) in [4.78, 5) is 25.4. The van der Waals surface area contributed by atoms with Gasteiger partial charge in [-0.15, -0.1) is 0 Å². The molecule has 0 bridgehead atoms. The summed E-state index contributed by atoms with van der Waals surface area (Å²) in [6.45, 7) is 3.66. The van der Waals surface area contributed by atoms with Gasteiger partial charge in [0.15, 0.2) is 0 Å². The van der Waals surface area contributed by atoms with Gasteiger partial charge in [-0.1, -0.05) is 15.9 Å². The molecule has 0 radical (unpaired) electrons. The first-order valence-corrected chi connectivity index (χ1v) is 7.19. The van der Waals surface area contributed by atoms with Crippen molar-refractivity contribution in [1.29, 1.82) is 0 Å². The number of hydrogen-bond donors (Lipinski definition) is 1. The van der Waals surface area contributed by atoms with Gasteiger partial charge < -0.3 is 10.1 Å². The van der Waals surface area contributed by atoms with E-state index in [1.54, 1.807) is 13.2 Å². The van der Waals surface area contributed by atoms with Gasteiger partial charge in [-0.25, -0.2) is 0 Å². The third-order valence-electron chi connectivity index (χ3n) is 3.19. The van der Waals surface area contributed by atoms with Crippen molar-refractivity contribution in [2.75, 3.05) is 12.4 Å². The number of carbonyl (C=O) groups excluding carboxylic acids is 2. The van der Waals surface area contributed by atoms with E-state index in [0.717, 1.165) is 4.47 Å². The third-order valence-corrected chi connectivity index (χ3v) is 3.68. The molecule has 20 heavy (non-hydrogen) atoms. The molecule has 0 aliphatic carbocycles. The zero-order chi connectivity index (χ0) is 14.9. The van der Waals surface area contributed by atoms with Gasteiger partial charge in [0, 0.05) is 10.5 Å². The van der Waals surface area contributed by atoms with Gasteiger partial charge in [0.05, 0.1) is 19.2 Å². The Labute approximate surface area is 126 Å². The van der Waals surface area contributed by atoms with Gasteiger partial charge in [0.2, 0.25) is 5.91 Å². The monoisotopic (exact) mass is 340 g/mol. The van der Waals surface area contributed by atoms with E-state index in [4.69, 9.17) is 4.74 Å². The Balaban J connectivity index is 2.21. The van der Waals surface area contributed by atoms with Crippen molar-refractivity contribution in [1.82, 2.24) is 4.90 Å². The number of anilines is 1. The second kappa shape index (κ2) is 5.83. The summed E-state index contributed by atoms with van der Waals surface area (Å²) in [5.41, 5.74) is 0.693. The molecule has 1 saturated heterocycles. The van der Waals surface area contributed by atoms with Crippen LogP contribution in [0.5, 0.6) is 5.75 Å². The van der Waals surface area contributed by atoms with Crippen LogP contribution in [0.4, 0.5) is 5.69 Å². The maximum Gasteiger partial charge on any atom is 0.252 e. The molecular formula is C14H17BrN2O3. The highest BCUT2D eigenvalue weighted by Crippen LogP contribution is 2.30. The topological polar surface area (TPSA) is 58.6 Å².